The molecule has 0 aliphatic rings. The topological polar surface area (TPSA) is 40.1 Å². The minimum Gasteiger partial charge on any atom is -0.872 e. The van der Waals surface area contributed by atoms with Gasteiger partial charge in [0.05, 0.1) is 10.0 Å². The van der Waals surface area contributed by atoms with Crippen molar-refractivity contribution in [1.29, 1.82) is 0 Å². The highest BCUT2D eigenvalue weighted by molar-refractivity contribution is 6.37. The van der Waals surface area contributed by atoms with Gasteiger partial charge in [0.1, 0.15) is 5.56 Å². The van der Waals surface area contributed by atoms with E-state index in [2.05, 4.69) is 0 Å². The zero-order valence-electron chi connectivity index (χ0n) is 10.2. The molecule has 0 saturated carbocycles. The van der Waals surface area contributed by atoms with E-state index in [9.17, 15) is 45.0 Å². The molecule has 0 atom stereocenters. The molecule has 2 nitrogen and oxygen atoms in total. The van der Waals surface area contributed by atoms with Gasteiger partial charge in [-0.25, -0.2) is 8.78 Å². The first kappa shape index (κ1) is 19.5. The molecule has 0 unspecified atom stereocenters. The van der Waals surface area contributed by atoms with Crippen molar-refractivity contribution in [3.8, 4) is 0 Å². The maximum atomic E-state index is 13.5. The SMILES string of the molecule is O=C(/C=C(\[O-])c1c(Cl)c(F)c(C(F)(F)F)c(F)c1Cl)C(F)(F)F. The van der Waals surface area contributed by atoms with Gasteiger partial charge in [-0.05, 0) is 6.08 Å². The number of hydrogen-bond donors (Lipinski definition) is 0. The zero-order valence-corrected chi connectivity index (χ0v) is 11.7. The van der Waals surface area contributed by atoms with E-state index in [4.69, 9.17) is 23.2 Å². The number of halogens is 10. The second-order valence-corrected chi connectivity index (χ2v) is 4.63. The molecule has 1 aromatic carbocycles. The standard InChI is InChI=1S/C11H2Cl2F8O2/c12-6-4(2(22)1-3(23)10(16,17)18)7(13)9(15)5(8(6)14)11(19,20)21/h1,22H/p-1/b2-1-. The molecule has 12 heteroatoms. The molecule has 0 heterocycles. The molecule has 0 aliphatic carbocycles. The van der Waals surface area contributed by atoms with Crippen molar-refractivity contribution in [3.63, 3.8) is 0 Å². The summed E-state index contributed by atoms with van der Waals surface area (Å²) < 4.78 is 100. The van der Waals surface area contributed by atoms with E-state index < -0.39 is 62.8 Å². The molecule has 0 radical (unpaired) electrons. The summed E-state index contributed by atoms with van der Waals surface area (Å²) in [6, 6.07) is 0. The average molecular weight is 388 g/mol. The number of hydrogen-bond acceptors (Lipinski definition) is 2. The minimum atomic E-state index is -5.57. The van der Waals surface area contributed by atoms with Gasteiger partial charge in [0.15, 0.2) is 11.6 Å². The summed E-state index contributed by atoms with van der Waals surface area (Å²) in [5.41, 5.74) is -4.06. The normalized spacial score (nSPS) is 13.4. The van der Waals surface area contributed by atoms with Crippen molar-refractivity contribution in [3.05, 3.63) is 38.9 Å². The van der Waals surface area contributed by atoms with E-state index in [0.29, 0.717) is 0 Å². The molecule has 0 N–H and O–H groups in total. The lowest BCUT2D eigenvalue weighted by molar-refractivity contribution is -0.244. The number of ketones is 1. The molecule has 23 heavy (non-hydrogen) atoms. The quantitative estimate of drug-likeness (QED) is 0.331. The molecular weight excluding hydrogens is 387 g/mol. The van der Waals surface area contributed by atoms with Crippen molar-refractivity contribution in [2.45, 2.75) is 12.4 Å². The largest absolute Gasteiger partial charge is 0.872 e. The van der Waals surface area contributed by atoms with Crippen molar-refractivity contribution in [2.24, 2.45) is 0 Å². The molecule has 0 fully saturated rings. The van der Waals surface area contributed by atoms with Gasteiger partial charge in [0.25, 0.3) is 5.78 Å². The van der Waals surface area contributed by atoms with Crippen LogP contribution in [0.4, 0.5) is 35.1 Å². The Morgan fingerprint density at radius 2 is 1.35 bits per heavy atom. The van der Waals surface area contributed by atoms with Gasteiger partial charge in [-0.1, -0.05) is 29.0 Å². The lowest BCUT2D eigenvalue weighted by atomic mass is 10.1. The van der Waals surface area contributed by atoms with Gasteiger partial charge in [0, 0.05) is 5.56 Å². The molecule has 0 amide bonds. The molecular formula is C11HCl2F8O2-. The Labute approximate surface area is 131 Å². The summed E-state index contributed by atoms with van der Waals surface area (Å²) in [5.74, 6) is -9.61. The Hall–Kier alpha value is -1.55. The first-order valence-electron chi connectivity index (χ1n) is 5.13. The highest BCUT2D eigenvalue weighted by atomic mass is 35.5. The summed E-state index contributed by atoms with van der Waals surface area (Å²) in [5, 5.41) is 8.12. The number of benzene rings is 1. The first-order chi connectivity index (χ1) is 10.2. The second-order valence-electron chi connectivity index (χ2n) is 3.87. The highest BCUT2D eigenvalue weighted by Crippen LogP contribution is 2.42. The third kappa shape index (κ3) is 3.86. The lowest BCUT2D eigenvalue weighted by Gasteiger charge is -2.20. The van der Waals surface area contributed by atoms with Gasteiger partial charge in [-0.15, -0.1) is 0 Å². The Bertz CT molecular complexity index is 662. The van der Waals surface area contributed by atoms with E-state index in [0.717, 1.165) is 0 Å². The van der Waals surface area contributed by atoms with Crippen LogP contribution in [0, 0.1) is 11.6 Å². The van der Waals surface area contributed by atoms with E-state index in [-0.39, 0.29) is 0 Å². The van der Waals surface area contributed by atoms with Gasteiger partial charge in [0.2, 0.25) is 0 Å². The van der Waals surface area contributed by atoms with Crippen LogP contribution in [-0.2, 0) is 11.0 Å². The second kappa shape index (κ2) is 6.16. The van der Waals surface area contributed by atoms with Crippen LogP contribution in [0.5, 0.6) is 0 Å². The average Bonchev–Trinajstić information content (AvgIpc) is 2.34. The van der Waals surface area contributed by atoms with Crippen molar-refractivity contribution < 1.29 is 45.0 Å². The molecule has 0 saturated heterocycles. The molecule has 1 rings (SSSR count). The number of rotatable bonds is 2. The lowest BCUT2D eigenvalue weighted by Crippen LogP contribution is -2.22. The molecule has 0 aliphatic heterocycles. The van der Waals surface area contributed by atoms with Crippen LogP contribution < -0.4 is 5.11 Å². The summed E-state index contributed by atoms with van der Waals surface area (Å²) in [6.45, 7) is 0. The van der Waals surface area contributed by atoms with Gasteiger partial charge < -0.3 is 5.11 Å². The Balaban J connectivity index is 3.64. The van der Waals surface area contributed by atoms with E-state index >= 15 is 0 Å². The molecule has 128 valence electrons. The van der Waals surface area contributed by atoms with Crippen LogP contribution in [0.15, 0.2) is 6.08 Å². The Kier molecular flexibility index (Phi) is 5.22. The fourth-order valence-corrected chi connectivity index (χ4v) is 1.98. The monoisotopic (exact) mass is 387 g/mol. The van der Waals surface area contributed by atoms with E-state index in [1.807, 2.05) is 0 Å². The maximum absolute atomic E-state index is 13.5. The van der Waals surface area contributed by atoms with Crippen molar-refractivity contribution in [1.82, 2.24) is 0 Å². The summed E-state index contributed by atoms with van der Waals surface area (Å²) >= 11 is 10.2. The predicted molar refractivity (Wildman–Crippen MR) is 60.4 cm³/mol. The number of alkyl halides is 6. The van der Waals surface area contributed by atoms with E-state index in [1.165, 1.54) is 0 Å². The molecule has 0 bridgehead atoms. The molecule has 0 spiro atoms. The summed E-state index contributed by atoms with van der Waals surface area (Å²) in [7, 11) is 0. The van der Waals surface area contributed by atoms with Crippen LogP contribution in [0.1, 0.15) is 11.1 Å². The third-order valence-corrected chi connectivity index (χ3v) is 3.04. The van der Waals surface area contributed by atoms with Crippen LogP contribution in [0.25, 0.3) is 5.76 Å². The van der Waals surface area contributed by atoms with E-state index in [1.54, 1.807) is 0 Å². The van der Waals surface area contributed by atoms with Crippen molar-refractivity contribution >= 4 is 34.7 Å². The summed E-state index contributed by atoms with van der Waals surface area (Å²) in [6.07, 6.45) is -11.7. The van der Waals surface area contributed by atoms with Gasteiger partial charge in [-0.2, -0.15) is 26.3 Å². The van der Waals surface area contributed by atoms with Gasteiger partial charge in [-0.3, -0.25) is 4.79 Å². The first-order valence-corrected chi connectivity index (χ1v) is 5.88. The fourth-order valence-electron chi connectivity index (χ4n) is 1.37. The van der Waals surface area contributed by atoms with Crippen LogP contribution >= 0.6 is 23.2 Å². The Morgan fingerprint density at radius 3 is 1.65 bits per heavy atom. The Morgan fingerprint density at radius 1 is 0.957 bits per heavy atom. The minimum absolute atomic E-state index is 0.640. The highest BCUT2D eigenvalue weighted by Gasteiger charge is 2.41. The van der Waals surface area contributed by atoms with Gasteiger partial charge >= 0.3 is 12.4 Å². The summed E-state index contributed by atoms with van der Waals surface area (Å²) in [4.78, 5) is 10.6. The predicted octanol–water partition coefficient (Wildman–Crippen LogP) is 4.12. The fraction of sp³-hybridized carbons (Fsp3) is 0.182. The zero-order chi connectivity index (χ0) is 18.3. The number of carbonyl (C=O) groups is 1. The number of allylic oxidation sites excluding steroid dienone is 1. The van der Waals surface area contributed by atoms with Crippen molar-refractivity contribution in [2.75, 3.05) is 0 Å². The van der Waals surface area contributed by atoms with Crippen LogP contribution in [0.2, 0.25) is 10.0 Å². The maximum Gasteiger partial charge on any atom is 0.454 e. The smallest absolute Gasteiger partial charge is 0.454 e. The molecule has 1 aromatic rings. The van der Waals surface area contributed by atoms with Crippen LogP contribution in [-0.4, -0.2) is 12.0 Å². The number of carbonyl (C=O) groups excluding carboxylic acids is 1. The third-order valence-electron chi connectivity index (χ3n) is 2.33. The van der Waals surface area contributed by atoms with Crippen LogP contribution in [0.3, 0.4) is 0 Å². The molecule has 0 aromatic heterocycles.